The molecule has 9 heteroatoms. The Morgan fingerprint density at radius 2 is 1.70 bits per heavy atom. The van der Waals surface area contributed by atoms with E-state index in [4.69, 9.17) is 18.9 Å². The Morgan fingerprint density at radius 1 is 1.03 bits per heavy atom. The van der Waals surface area contributed by atoms with E-state index in [2.05, 4.69) is 4.98 Å². The van der Waals surface area contributed by atoms with Crippen LogP contribution in [-0.4, -0.2) is 61.2 Å². The average Bonchev–Trinajstić information content (AvgIpc) is 3.08. The number of carbonyl (C=O) groups is 3. The summed E-state index contributed by atoms with van der Waals surface area (Å²) in [6.07, 6.45) is -0.287. The number of amides is 1. The van der Waals surface area contributed by atoms with E-state index < -0.39 is 18.5 Å². The van der Waals surface area contributed by atoms with Crippen molar-refractivity contribution in [1.82, 2.24) is 9.88 Å². The number of esters is 2. The van der Waals surface area contributed by atoms with Crippen molar-refractivity contribution in [3.63, 3.8) is 0 Å². The second-order valence-corrected chi connectivity index (χ2v) is 7.75. The van der Waals surface area contributed by atoms with Gasteiger partial charge in [-0.3, -0.25) is 4.79 Å². The fourth-order valence-corrected chi connectivity index (χ4v) is 3.40. The minimum absolute atomic E-state index is 0.124. The molecular formula is C24H32N2O7. The first-order valence-corrected chi connectivity index (χ1v) is 10.7. The highest BCUT2D eigenvalue weighted by Crippen LogP contribution is 2.28. The van der Waals surface area contributed by atoms with Gasteiger partial charge in [-0.1, -0.05) is 6.07 Å². The van der Waals surface area contributed by atoms with E-state index in [0.717, 1.165) is 5.56 Å². The minimum atomic E-state index is -0.713. The minimum Gasteiger partial charge on any atom is -0.493 e. The van der Waals surface area contributed by atoms with Crippen molar-refractivity contribution in [1.29, 1.82) is 0 Å². The maximum absolute atomic E-state index is 12.7. The molecule has 1 heterocycles. The number of likely N-dealkylation sites (N-methyl/N-ethyl adjacent to an activating group) is 1. The number of H-pyrrole nitrogens is 1. The van der Waals surface area contributed by atoms with Crippen LogP contribution in [0.1, 0.15) is 58.4 Å². The van der Waals surface area contributed by atoms with Crippen LogP contribution in [0.25, 0.3) is 0 Å². The van der Waals surface area contributed by atoms with Gasteiger partial charge in [0.15, 0.2) is 18.1 Å². The summed E-state index contributed by atoms with van der Waals surface area (Å²) in [5.74, 6) is -0.415. The summed E-state index contributed by atoms with van der Waals surface area (Å²) in [6, 6.07) is 5.40. The van der Waals surface area contributed by atoms with Crippen molar-refractivity contribution in [2.75, 3.05) is 27.4 Å². The Labute approximate surface area is 194 Å². The van der Waals surface area contributed by atoms with Gasteiger partial charge in [0, 0.05) is 18.8 Å². The second-order valence-electron chi connectivity index (χ2n) is 7.75. The number of rotatable bonds is 10. The lowest BCUT2D eigenvalue weighted by Crippen LogP contribution is -2.34. The first kappa shape index (κ1) is 25.8. The standard InChI is InChI=1S/C24H32N2O7/c1-8-26(12-17-9-10-18(30-6)19(11-17)31-7)20(27)13-32-24(29)22-15(4)21(16(5)25-22)23(28)33-14(2)3/h9-11,14,25H,8,12-13H2,1-7H3. The molecule has 0 spiro atoms. The van der Waals surface area contributed by atoms with Gasteiger partial charge in [0.2, 0.25) is 0 Å². The van der Waals surface area contributed by atoms with Crippen molar-refractivity contribution in [2.45, 2.75) is 47.3 Å². The molecule has 0 saturated carbocycles. The van der Waals surface area contributed by atoms with Crippen LogP contribution in [-0.2, 0) is 20.8 Å². The van der Waals surface area contributed by atoms with Gasteiger partial charge in [-0.05, 0) is 57.9 Å². The zero-order chi connectivity index (χ0) is 24.7. The second kappa shape index (κ2) is 11.4. The van der Waals surface area contributed by atoms with Crippen molar-refractivity contribution in [3.8, 4) is 11.5 Å². The molecule has 0 fully saturated rings. The topological polar surface area (TPSA) is 107 Å². The average molecular weight is 461 g/mol. The van der Waals surface area contributed by atoms with E-state index in [1.807, 2.05) is 13.0 Å². The molecule has 0 bridgehead atoms. The van der Waals surface area contributed by atoms with Crippen LogP contribution in [0.5, 0.6) is 11.5 Å². The van der Waals surface area contributed by atoms with Crippen LogP contribution in [0, 0.1) is 13.8 Å². The van der Waals surface area contributed by atoms with Crippen LogP contribution >= 0.6 is 0 Å². The first-order valence-electron chi connectivity index (χ1n) is 10.7. The van der Waals surface area contributed by atoms with Crippen molar-refractivity contribution >= 4 is 17.8 Å². The highest BCUT2D eigenvalue weighted by Gasteiger charge is 2.25. The molecule has 1 aromatic carbocycles. The molecule has 2 rings (SSSR count). The lowest BCUT2D eigenvalue weighted by Gasteiger charge is -2.21. The number of aromatic nitrogens is 1. The van der Waals surface area contributed by atoms with Crippen LogP contribution in [0.15, 0.2) is 18.2 Å². The molecule has 0 aliphatic rings. The van der Waals surface area contributed by atoms with Gasteiger partial charge < -0.3 is 28.8 Å². The van der Waals surface area contributed by atoms with E-state index in [1.165, 1.54) is 0 Å². The summed E-state index contributed by atoms with van der Waals surface area (Å²) in [7, 11) is 3.10. The molecule has 0 radical (unpaired) electrons. The third-order valence-corrected chi connectivity index (χ3v) is 5.07. The fourth-order valence-electron chi connectivity index (χ4n) is 3.40. The van der Waals surface area contributed by atoms with E-state index in [9.17, 15) is 14.4 Å². The number of hydrogen-bond donors (Lipinski definition) is 1. The Kier molecular flexibility index (Phi) is 8.90. The fraction of sp³-hybridized carbons (Fsp3) is 0.458. The maximum atomic E-state index is 12.7. The lowest BCUT2D eigenvalue weighted by atomic mass is 10.1. The van der Waals surface area contributed by atoms with E-state index in [-0.39, 0.29) is 17.7 Å². The molecule has 0 saturated heterocycles. The number of benzene rings is 1. The van der Waals surface area contributed by atoms with Gasteiger partial charge in [0.25, 0.3) is 5.91 Å². The van der Waals surface area contributed by atoms with Gasteiger partial charge in [-0.2, -0.15) is 0 Å². The molecule has 0 aliphatic carbocycles. The van der Waals surface area contributed by atoms with Crippen molar-refractivity contribution in [3.05, 3.63) is 46.3 Å². The smallest absolute Gasteiger partial charge is 0.355 e. The predicted octanol–water partition coefficient (Wildman–Crippen LogP) is 3.42. The lowest BCUT2D eigenvalue weighted by molar-refractivity contribution is -0.135. The number of nitrogens with zero attached hydrogens (tertiary/aromatic N) is 1. The molecule has 0 atom stereocenters. The van der Waals surface area contributed by atoms with Gasteiger partial charge >= 0.3 is 11.9 Å². The van der Waals surface area contributed by atoms with E-state index >= 15 is 0 Å². The van der Waals surface area contributed by atoms with Crippen LogP contribution in [0.4, 0.5) is 0 Å². The molecule has 1 N–H and O–H groups in total. The summed E-state index contributed by atoms with van der Waals surface area (Å²) in [5.41, 5.74) is 2.19. The number of methoxy groups -OCH3 is 2. The predicted molar refractivity (Wildman–Crippen MR) is 122 cm³/mol. The Bertz CT molecular complexity index is 1010. The first-order chi connectivity index (χ1) is 15.6. The molecule has 1 amide bonds. The molecule has 180 valence electrons. The number of aromatic amines is 1. The summed E-state index contributed by atoms with van der Waals surface area (Å²) in [6.45, 7) is 8.96. The summed E-state index contributed by atoms with van der Waals surface area (Å²) in [5, 5.41) is 0. The highest BCUT2D eigenvalue weighted by atomic mass is 16.5. The Morgan fingerprint density at radius 3 is 2.27 bits per heavy atom. The third kappa shape index (κ3) is 6.27. The summed E-state index contributed by atoms with van der Waals surface area (Å²) >= 11 is 0. The third-order valence-electron chi connectivity index (χ3n) is 5.07. The van der Waals surface area contributed by atoms with E-state index in [1.54, 1.807) is 58.9 Å². The van der Waals surface area contributed by atoms with Crippen molar-refractivity contribution in [2.24, 2.45) is 0 Å². The Hall–Kier alpha value is -3.49. The zero-order valence-electron chi connectivity index (χ0n) is 20.2. The molecular weight excluding hydrogens is 428 g/mol. The SMILES string of the molecule is CCN(Cc1ccc(OC)c(OC)c1)C(=O)COC(=O)c1[nH]c(C)c(C(=O)OC(C)C)c1C. The van der Waals surface area contributed by atoms with Crippen molar-refractivity contribution < 1.29 is 33.3 Å². The highest BCUT2D eigenvalue weighted by molar-refractivity contribution is 5.99. The zero-order valence-corrected chi connectivity index (χ0v) is 20.2. The van der Waals surface area contributed by atoms with E-state index in [0.29, 0.717) is 41.4 Å². The summed E-state index contributed by atoms with van der Waals surface area (Å²) < 4.78 is 21.0. The molecule has 2 aromatic rings. The monoisotopic (exact) mass is 460 g/mol. The molecule has 1 aromatic heterocycles. The normalized spacial score (nSPS) is 10.7. The summed E-state index contributed by atoms with van der Waals surface area (Å²) in [4.78, 5) is 42.0. The largest absolute Gasteiger partial charge is 0.493 e. The van der Waals surface area contributed by atoms with Gasteiger partial charge in [0.1, 0.15) is 5.69 Å². The Balaban J connectivity index is 2.06. The number of hydrogen-bond acceptors (Lipinski definition) is 7. The molecule has 0 aliphatic heterocycles. The molecule has 9 nitrogen and oxygen atoms in total. The van der Waals surface area contributed by atoms with Crippen LogP contribution < -0.4 is 9.47 Å². The number of ether oxygens (including phenoxy) is 4. The number of nitrogens with one attached hydrogen (secondary N) is 1. The van der Waals surface area contributed by atoms with Crippen LogP contribution in [0.2, 0.25) is 0 Å². The maximum Gasteiger partial charge on any atom is 0.355 e. The molecule has 33 heavy (non-hydrogen) atoms. The van der Waals surface area contributed by atoms with Gasteiger partial charge in [0.05, 0.1) is 25.9 Å². The quantitative estimate of drug-likeness (QED) is 0.541. The van der Waals surface area contributed by atoms with Gasteiger partial charge in [-0.15, -0.1) is 0 Å². The van der Waals surface area contributed by atoms with Crippen LogP contribution in [0.3, 0.4) is 0 Å². The number of aryl methyl sites for hydroxylation is 1. The van der Waals surface area contributed by atoms with Gasteiger partial charge in [-0.25, -0.2) is 9.59 Å². The molecule has 0 unspecified atom stereocenters. The number of carbonyl (C=O) groups excluding carboxylic acids is 3.